The smallest absolute Gasteiger partial charge is 0.191 e. The van der Waals surface area contributed by atoms with Gasteiger partial charge in [0.2, 0.25) is 0 Å². The molecule has 112 valence electrons. The van der Waals surface area contributed by atoms with Crippen LogP contribution in [-0.4, -0.2) is 38.8 Å². The molecule has 4 nitrogen and oxygen atoms in total. The number of ether oxygens (including phenoxy) is 1. The first kappa shape index (κ1) is 16.5. The fourth-order valence-electron chi connectivity index (χ4n) is 1.90. The average Bonchev–Trinajstić information content (AvgIpc) is 2.41. The summed E-state index contributed by atoms with van der Waals surface area (Å²) in [5, 5.41) is 6.58. The summed E-state index contributed by atoms with van der Waals surface area (Å²) >= 11 is 0. The molecular weight excluding hydrogens is 250 g/mol. The Balaban J connectivity index is 2.47. The van der Waals surface area contributed by atoms with Gasteiger partial charge >= 0.3 is 0 Å². The molecule has 0 radical (unpaired) electrons. The number of nitrogens with one attached hydrogen (secondary N) is 2. The first-order chi connectivity index (χ1) is 9.65. The number of hydrogen-bond donors (Lipinski definition) is 2. The maximum atomic E-state index is 5.12. The van der Waals surface area contributed by atoms with E-state index < -0.39 is 0 Å². The Kier molecular flexibility index (Phi) is 7.73. The van der Waals surface area contributed by atoms with Crippen LogP contribution in [0.15, 0.2) is 29.3 Å². The molecule has 0 aliphatic carbocycles. The summed E-state index contributed by atoms with van der Waals surface area (Å²) < 4.78 is 5.12. The molecule has 1 aromatic rings. The summed E-state index contributed by atoms with van der Waals surface area (Å²) in [5.41, 5.74) is 2.61. The van der Waals surface area contributed by atoms with Gasteiger partial charge in [-0.1, -0.05) is 29.8 Å². The lowest BCUT2D eigenvalue weighted by molar-refractivity contribution is 0.179. The van der Waals surface area contributed by atoms with Crippen molar-refractivity contribution in [2.45, 2.75) is 33.2 Å². The topological polar surface area (TPSA) is 45.7 Å². The van der Waals surface area contributed by atoms with E-state index in [2.05, 4.69) is 60.7 Å². The van der Waals surface area contributed by atoms with Gasteiger partial charge in [0.25, 0.3) is 0 Å². The molecule has 1 rings (SSSR count). The molecule has 0 saturated heterocycles. The van der Waals surface area contributed by atoms with E-state index in [9.17, 15) is 0 Å². The van der Waals surface area contributed by atoms with Crippen LogP contribution in [0.5, 0.6) is 0 Å². The standard InChI is InChI=1S/C16H27N3O/c1-5-17-16(19-14(3)12-20-4)18-11-10-15-8-6-13(2)7-9-15/h6-9,14H,5,10-12H2,1-4H3,(H2,17,18,19). The van der Waals surface area contributed by atoms with Gasteiger partial charge in [-0.25, -0.2) is 0 Å². The maximum absolute atomic E-state index is 5.12. The number of hydrogen-bond acceptors (Lipinski definition) is 2. The lowest BCUT2D eigenvalue weighted by atomic mass is 10.1. The minimum absolute atomic E-state index is 0.247. The first-order valence-corrected chi connectivity index (χ1v) is 7.25. The summed E-state index contributed by atoms with van der Waals surface area (Å²) in [6.07, 6.45) is 0.954. The van der Waals surface area contributed by atoms with Gasteiger partial charge < -0.3 is 15.4 Å². The van der Waals surface area contributed by atoms with E-state index in [0.717, 1.165) is 25.5 Å². The van der Waals surface area contributed by atoms with Crippen molar-refractivity contribution >= 4 is 5.96 Å². The number of rotatable bonds is 7. The number of aryl methyl sites for hydroxylation is 1. The van der Waals surface area contributed by atoms with E-state index in [1.54, 1.807) is 7.11 Å². The molecule has 0 fully saturated rings. The molecule has 0 heterocycles. The van der Waals surface area contributed by atoms with Crippen molar-refractivity contribution in [1.29, 1.82) is 0 Å². The second kappa shape index (κ2) is 9.37. The highest BCUT2D eigenvalue weighted by atomic mass is 16.5. The van der Waals surface area contributed by atoms with Crippen molar-refractivity contribution in [2.75, 3.05) is 26.8 Å². The highest BCUT2D eigenvalue weighted by Gasteiger charge is 2.03. The van der Waals surface area contributed by atoms with E-state index in [1.165, 1.54) is 11.1 Å². The van der Waals surface area contributed by atoms with E-state index in [1.807, 2.05) is 0 Å². The van der Waals surface area contributed by atoms with Crippen molar-refractivity contribution in [3.8, 4) is 0 Å². The van der Waals surface area contributed by atoms with Crippen LogP contribution in [0.1, 0.15) is 25.0 Å². The highest BCUT2D eigenvalue weighted by Crippen LogP contribution is 2.03. The molecule has 2 N–H and O–H groups in total. The third kappa shape index (κ3) is 6.57. The van der Waals surface area contributed by atoms with Crippen LogP contribution in [0.2, 0.25) is 0 Å². The number of benzene rings is 1. The molecule has 0 amide bonds. The monoisotopic (exact) mass is 277 g/mol. The first-order valence-electron chi connectivity index (χ1n) is 7.25. The molecule has 1 aromatic carbocycles. The van der Waals surface area contributed by atoms with E-state index >= 15 is 0 Å². The number of guanidine groups is 1. The van der Waals surface area contributed by atoms with Gasteiger partial charge in [-0.3, -0.25) is 4.99 Å². The molecule has 0 aliphatic rings. The van der Waals surface area contributed by atoms with Crippen molar-refractivity contribution in [3.63, 3.8) is 0 Å². The molecule has 0 aliphatic heterocycles. The average molecular weight is 277 g/mol. The maximum Gasteiger partial charge on any atom is 0.191 e. The Bertz CT molecular complexity index is 401. The summed E-state index contributed by atoms with van der Waals surface area (Å²) in [4.78, 5) is 4.59. The highest BCUT2D eigenvalue weighted by molar-refractivity contribution is 5.80. The van der Waals surface area contributed by atoms with Crippen molar-refractivity contribution < 1.29 is 4.74 Å². The molecule has 0 saturated carbocycles. The second-order valence-corrected chi connectivity index (χ2v) is 5.00. The van der Waals surface area contributed by atoms with Gasteiger partial charge in [-0.05, 0) is 32.8 Å². The van der Waals surface area contributed by atoms with Gasteiger partial charge in [0, 0.05) is 26.2 Å². The van der Waals surface area contributed by atoms with Crippen LogP contribution in [-0.2, 0) is 11.2 Å². The summed E-state index contributed by atoms with van der Waals surface area (Å²) in [5.74, 6) is 0.851. The summed E-state index contributed by atoms with van der Waals surface area (Å²) in [6, 6.07) is 8.86. The predicted molar refractivity (Wildman–Crippen MR) is 85.3 cm³/mol. The fraction of sp³-hybridized carbons (Fsp3) is 0.562. The SMILES string of the molecule is CCNC(=NCCc1ccc(C)cc1)NC(C)COC. The van der Waals surface area contributed by atoms with Crippen LogP contribution in [0.3, 0.4) is 0 Å². The number of nitrogens with zero attached hydrogens (tertiary/aromatic N) is 1. The zero-order valence-electron chi connectivity index (χ0n) is 13.1. The van der Waals surface area contributed by atoms with Gasteiger partial charge in [0.15, 0.2) is 5.96 Å². The molecule has 4 heteroatoms. The van der Waals surface area contributed by atoms with Crippen molar-refractivity contribution in [3.05, 3.63) is 35.4 Å². The summed E-state index contributed by atoms with van der Waals surface area (Å²) in [6.45, 7) is 8.55. The van der Waals surface area contributed by atoms with Crippen molar-refractivity contribution in [1.82, 2.24) is 10.6 Å². The molecule has 1 atom stereocenters. The van der Waals surface area contributed by atoms with Crippen LogP contribution in [0.4, 0.5) is 0 Å². The van der Waals surface area contributed by atoms with E-state index in [4.69, 9.17) is 4.74 Å². The van der Waals surface area contributed by atoms with Gasteiger partial charge in [-0.15, -0.1) is 0 Å². The Hall–Kier alpha value is -1.55. The molecule has 1 unspecified atom stereocenters. The minimum Gasteiger partial charge on any atom is -0.383 e. The lowest BCUT2D eigenvalue weighted by Crippen LogP contribution is -2.44. The van der Waals surface area contributed by atoms with Gasteiger partial charge in [0.1, 0.15) is 0 Å². The van der Waals surface area contributed by atoms with Gasteiger partial charge in [-0.2, -0.15) is 0 Å². The molecule has 0 bridgehead atoms. The zero-order chi connectivity index (χ0) is 14.8. The molecular formula is C16H27N3O. The lowest BCUT2D eigenvalue weighted by Gasteiger charge is -2.16. The molecule has 0 aromatic heterocycles. The third-order valence-electron chi connectivity index (χ3n) is 2.94. The molecule has 0 spiro atoms. The van der Waals surface area contributed by atoms with Crippen LogP contribution >= 0.6 is 0 Å². The van der Waals surface area contributed by atoms with Gasteiger partial charge in [0.05, 0.1) is 6.61 Å². The van der Waals surface area contributed by atoms with E-state index in [0.29, 0.717) is 6.61 Å². The van der Waals surface area contributed by atoms with Crippen molar-refractivity contribution in [2.24, 2.45) is 4.99 Å². The molecule has 20 heavy (non-hydrogen) atoms. The number of methoxy groups -OCH3 is 1. The Morgan fingerprint density at radius 1 is 1.30 bits per heavy atom. The van der Waals surface area contributed by atoms with E-state index in [-0.39, 0.29) is 6.04 Å². The third-order valence-corrected chi connectivity index (χ3v) is 2.94. The van der Waals surface area contributed by atoms with Crippen LogP contribution in [0.25, 0.3) is 0 Å². The number of aliphatic imine (C=N–C) groups is 1. The zero-order valence-corrected chi connectivity index (χ0v) is 13.1. The fourth-order valence-corrected chi connectivity index (χ4v) is 1.90. The minimum atomic E-state index is 0.247. The van der Waals surface area contributed by atoms with Crippen LogP contribution < -0.4 is 10.6 Å². The normalized spacial score (nSPS) is 13.1. The summed E-state index contributed by atoms with van der Waals surface area (Å²) in [7, 11) is 1.71. The largest absolute Gasteiger partial charge is 0.383 e. The quantitative estimate of drug-likeness (QED) is 0.593. The van der Waals surface area contributed by atoms with Crippen LogP contribution in [0, 0.1) is 6.92 Å². The predicted octanol–water partition coefficient (Wildman–Crippen LogP) is 2.13. The second-order valence-electron chi connectivity index (χ2n) is 5.00. The Morgan fingerprint density at radius 3 is 2.60 bits per heavy atom. The Labute approximate surface area is 122 Å². The Morgan fingerprint density at radius 2 is 2.00 bits per heavy atom.